The summed E-state index contributed by atoms with van der Waals surface area (Å²) in [5.41, 5.74) is 8.89. The second kappa shape index (κ2) is 4.77. The number of rotatable bonds is 4. The van der Waals surface area contributed by atoms with Crippen LogP contribution in [0.5, 0.6) is 0 Å². The largest absolute Gasteiger partial charge is 0.384 e. The fraction of sp³-hybridized carbons (Fsp3) is 0.667. The Morgan fingerprint density at radius 3 is 2.00 bits per heavy atom. The van der Waals surface area contributed by atoms with Gasteiger partial charge in [-0.3, -0.25) is 0 Å². The normalized spacial score (nSPS) is 38.1. The van der Waals surface area contributed by atoms with Crippen LogP contribution in [0.15, 0.2) is 24.3 Å². The molecule has 0 heterocycles. The molecule has 0 unspecified atom stereocenters. The third-order valence-electron chi connectivity index (χ3n) is 6.01. The van der Waals surface area contributed by atoms with Crippen LogP contribution in [0.4, 0.5) is 5.69 Å². The van der Waals surface area contributed by atoms with Crippen molar-refractivity contribution in [1.29, 1.82) is 0 Å². The molecule has 4 aliphatic carbocycles. The van der Waals surface area contributed by atoms with Gasteiger partial charge < -0.3 is 11.1 Å². The zero-order valence-corrected chi connectivity index (χ0v) is 12.3. The van der Waals surface area contributed by atoms with Gasteiger partial charge in [-0.15, -0.1) is 0 Å². The highest BCUT2D eigenvalue weighted by atomic mass is 14.9. The highest BCUT2D eigenvalue weighted by molar-refractivity contribution is 5.46. The Morgan fingerprint density at radius 2 is 1.50 bits per heavy atom. The van der Waals surface area contributed by atoms with Crippen molar-refractivity contribution in [3.63, 3.8) is 0 Å². The Balaban J connectivity index is 1.57. The van der Waals surface area contributed by atoms with Crippen LogP contribution in [0.1, 0.15) is 44.1 Å². The van der Waals surface area contributed by atoms with Crippen molar-refractivity contribution in [2.75, 3.05) is 18.4 Å². The van der Waals surface area contributed by atoms with Gasteiger partial charge in [-0.1, -0.05) is 12.1 Å². The molecule has 0 spiro atoms. The second-order valence-corrected chi connectivity index (χ2v) is 7.49. The standard InChI is InChI=1S/C18H26N2/c19-5-6-20-17-3-1-16(2-4-17)18-10-13-7-14(11-18)9-15(8-13)12-18/h1-4,13-15,20H,5-12,19H2. The van der Waals surface area contributed by atoms with Crippen molar-refractivity contribution in [3.8, 4) is 0 Å². The molecule has 2 heteroatoms. The number of nitrogens with one attached hydrogen (secondary N) is 1. The third kappa shape index (κ3) is 2.05. The molecule has 1 aromatic carbocycles. The molecule has 1 aromatic rings. The Hall–Kier alpha value is -1.02. The molecule has 4 saturated carbocycles. The number of benzene rings is 1. The lowest BCUT2D eigenvalue weighted by Crippen LogP contribution is -2.48. The lowest BCUT2D eigenvalue weighted by molar-refractivity contribution is -0.00518. The van der Waals surface area contributed by atoms with E-state index in [0.717, 1.165) is 24.3 Å². The average Bonchev–Trinajstić information content (AvgIpc) is 2.44. The van der Waals surface area contributed by atoms with Gasteiger partial charge in [-0.25, -0.2) is 0 Å². The molecule has 0 atom stereocenters. The van der Waals surface area contributed by atoms with Crippen LogP contribution >= 0.6 is 0 Å². The summed E-state index contributed by atoms with van der Waals surface area (Å²) in [5.74, 6) is 3.07. The van der Waals surface area contributed by atoms with Gasteiger partial charge in [0.15, 0.2) is 0 Å². The number of hydrogen-bond acceptors (Lipinski definition) is 2. The van der Waals surface area contributed by atoms with E-state index in [0.29, 0.717) is 12.0 Å². The van der Waals surface area contributed by atoms with E-state index < -0.39 is 0 Å². The number of anilines is 1. The number of hydrogen-bond donors (Lipinski definition) is 2. The lowest BCUT2D eigenvalue weighted by Gasteiger charge is -2.57. The predicted octanol–water partition coefficient (Wildman–Crippen LogP) is 3.53. The molecule has 5 rings (SSSR count). The van der Waals surface area contributed by atoms with Crippen LogP contribution < -0.4 is 11.1 Å². The summed E-state index contributed by atoms with van der Waals surface area (Å²) >= 11 is 0. The summed E-state index contributed by atoms with van der Waals surface area (Å²) < 4.78 is 0. The smallest absolute Gasteiger partial charge is 0.0340 e. The summed E-state index contributed by atoms with van der Waals surface area (Å²) in [6, 6.07) is 9.27. The van der Waals surface area contributed by atoms with Gasteiger partial charge in [0.05, 0.1) is 0 Å². The van der Waals surface area contributed by atoms with Crippen molar-refractivity contribution in [2.45, 2.75) is 43.9 Å². The Labute approximate surface area is 122 Å². The molecular formula is C18H26N2. The van der Waals surface area contributed by atoms with Crippen molar-refractivity contribution < 1.29 is 0 Å². The molecule has 0 radical (unpaired) electrons. The minimum atomic E-state index is 0.529. The van der Waals surface area contributed by atoms with Gasteiger partial charge in [0.1, 0.15) is 0 Å². The summed E-state index contributed by atoms with van der Waals surface area (Å²) in [6.07, 6.45) is 8.93. The zero-order chi connectivity index (χ0) is 13.6. The number of nitrogens with two attached hydrogens (primary N) is 1. The highest BCUT2D eigenvalue weighted by Gasteiger charge is 2.51. The first-order valence-corrected chi connectivity index (χ1v) is 8.32. The molecule has 108 valence electrons. The molecule has 0 saturated heterocycles. The first-order chi connectivity index (χ1) is 9.77. The van der Waals surface area contributed by atoms with Crippen LogP contribution in [0.3, 0.4) is 0 Å². The van der Waals surface area contributed by atoms with Gasteiger partial charge in [0.25, 0.3) is 0 Å². The van der Waals surface area contributed by atoms with Gasteiger partial charge in [0, 0.05) is 18.8 Å². The molecular weight excluding hydrogens is 244 g/mol. The maximum Gasteiger partial charge on any atom is 0.0340 e. The van der Waals surface area contributed by atoms with E-state index in [1.165, 1.54) is 44.2 Å². The van der Waals surface area contributed by atoms with E-state index >= 15 is 0 Å². The topological polar surface area (TPSA) is 38.0 Å². The molecule has 0 aromatic heterocycles. The Bertz CT molecular complexity index is 441. The third-order valence-corrected chi connectivity index (χ3v) is 6.01. The summed E-state index contributed by atoms with van der Waals surface area (Å²) in [6.45, 7) is 1.55. The molecule has 2 nitrogen and oxygen atoms in total. The van der Waals surface area contributed by atoms with Crippen LogP contribution in [0.25, 0.3) is 0 Å². The first kappa shape index (κ1) is 12.7. The fourth-order valence-electron chi connectivity index (χ4n) is 5.62. The molecule has 0 aliphatic heterocycles. The molecule has 4 fully saturated rings. The van der Waals surface area contributed by atoms with E-state index in [1.807, 2.05) is 0 Å². The van der Waals surface area contributed by atoms with Gasteiger partial charge in [-0.05, 0) is 79.4 Å². The van der Waals surface area contributed by atoms with Crippen LogP contribution in [-0.4, -0.2) is 13.1 Å². The van der Waals surface area contributed by atoms with Gasteiger partial charge in [0.2, 0.25) is 0 Å². The molecule has 0 amide bonds. The van der Waals surface area contributed by atoms with Crippen molar-refractivity contribution in [1.82, 2.24) is 0 Å². The summed E-state index contributed by atoms with van der Waals surface area (Å²) in [4.78, 5) is 0. The van der Waals surface area contributed by atoms with E-state index in [2.05, 4.69) is 29.6 Å². The highest BCUT2D eigenvalue weighted by Crippen LogP contribution is 2.60. The minimum Gasteiger partial charge on any atom is -0.384 e. The van der Waals surface area contributed by atoms with Gasteiger partial charge >= 0.3 is 0 Å². The van der Waals surface area contributed by atoms with Crippen molar-refractivity contribution >= 4 is 5.69 Å². The van der Waals surface area contributed by atoms with Crippen LogP contribution in [0, 0.1) is 17.8 Å². The van der Waals surface area contributed by atoms with Crippen LogP contribution in [0.2, 0.25) is 0 Å². The quantitative estimate of drug-likeness (QED) is 0.878. The van der Waals surface area contributed by atoms with Crippen molar-refractivity contribution in [3.05, 3.63) is 29.8 Å². The van der Waals surface area contributed by atoms with Crippen LogP contribution in [-0.2, 0) is 5.41 Å². The average molecular weight is 270 g/mol. The van der Waals surface area contributed by atoms with Crippen molar-refractivity contribution in [2.24, 2.45) is 23.5 Å². The lowest BCUT2D eigenvalue weighted by atomic mass is 9.48. The monoisotopic (exact) mass is 270 g/mol. The molecule has 20 heavy (non-hydrogen) atoms. The molecule has 3 N–H and O–H groups in total. The summed E-state index contributed by atoms with van der Waals surface area (Å²) in [7, 11) is 0. The molecule has 4 aliphatic rings. The van der Waals surface area contributed by atoms with Gasteiger partial charge in [-0.2, -0.15) is 0 Å². The fourth-order valence-corrected chi connectivity index (χ4v) is 5.62. The minimum absolute atomic E-state index is 0.529. The SMILES string of the molecule is NCCNc1ccc(C23CC4CC(CC(C4)C2)C3)cc1. The zero-order valence-electron chi connectivity index (χ0n) is 12.3. The van der Waals surface area contributed by atoms with E-state index in [1.54, 1.807) is 5.56 Å². The van der Waals surface area contributed by atoms with E-state index in [9.17, 15) is 0 Å². The predicted molar refractivity (Wildman–Crippen MR) is 83.8 cm³/mol. The maximum absolute atomic E-state index is 5.55. The first-order valence-electron chi connectivity index (χ1n) is 8.32. The molecule has 4 bridgehead atoms. The van der Waals surface area contributed by atoms with E-state index in [4.69, 9.17) is 5.73 Å². The van der Waals surface area contributed by atoms with E-state index in [-0.39, 0.29) is 0 Å². The Morgan fingerprint density at radius 1 is 0.950 bits per heavy atom. The second-order valence-electron chi connectivity index (χ2n) is 7.49. The Kier molecular flexibility index (Phi) is 3.03. The summed E-state index contributed by atoms with van der Waals surface area (Å²) in [5, 5.41) is 3.37. The maximum atomic E-state index is 5.55.